The molecule has 2 aromatic rings. The van der Waals surface area contributed by atoms with Crippen LogP contribution < -0.4 is 10.1 Å². The predicted molar refractivity (Wildman–Crippen MR) is 108 cm³/mol. The van der Waals surface area contributed by atoms with Gasteiger partial charge in [0.2, 0.25) is 5.91 Å². The van der Waals surface area contributed by atoms with Gasteiger partial charge in [0, 0.05) is 35.7 Å². The second-order valence-corrected chi connectivity index (χ2v) is 7.14. The van der Waals surface area contributed by atoms with Crippen molar-refractivity contribution >= 4 is 34.8 Å². The summed E-state index contributed by atoms with van der Waals surface area (Å²) in [6, 6.07) is 10.7. The summed E-state index contributed by atoms with van der Waals surface area (Å²) in [5.74, 6) is -0.319. The van der Waals surface area contributed by atoms with Gasteiger partial charge in [-0.15, -0.1) is 0 Å². The fourth-order valence-electron chi connectivity index (χ4n) is 3.25. The van der Waals surface area contributed by atoms with E-state index in [2.05, 4.69) is 5.32 Å². The highest BCUT2D eigenvalue weighted by atomic mass is 35.5. The van der Waals surface area contributed by atoms with Crippen molar-refractivity contribution in [2.45, 2.75) is 12.8 Å². The normalized spacial score (nSPS) is 14.3. The van der Waals surface area contributed by atoms with Crippen molar-refractivity contribution in [1.29, 1.82) is 0 Å². The Labute approximate surface area is 172 Å². The first-order valence-electron chi connectivity index (χ1n) is 9.07. The molecule has 29 heavy (non-hydrogen) atoms. The number of nitro benzene ring substituents is 1. The lowest BCUT2D eigenvalue weighted by molar-refractivity contribution is -0.384. The summed E-state index contributed by atoms with van der Waals surface area (Å²) >= 11 is 5.86. The molecule has 0 bridgehead atoms. The lowest BCUT2D eigenvalue weighted by Gasteiger charge is -2.31. The van der Waals surface area contributed by atoms with E-state index >= 15 is 0 Å². The minimum Gasteiger partial charge on any atom is -0.494 e. The maximum Gasteiger partial charge on any atom is 0.273 e. The summed E-state index contributed by atoms with van der Waals surface area (Å²) in [6.45, 7) is 0.938. The number of carbonyl (C=O) groups is 2. The summed E-state index contributed by atoms with van der Waals surface area (Å²) in [5, 5.41) is 14.2. The van der Waals surface area contributed by atoms with Crippen LogP contribution in [0.25, 0.3) is 0 Å². The van der Waals surface area contributed by atoms with Gasteiger partial charge in [-0.2, -0.15) is 0 Å². The van der Waals surface area contributed by atoms with Crippen LogP contribution in [0, 0.1) is 16.0 Å². The van der Waals surface area contributed by atoms with Crippen LogP contribution >= 0.6 is 11.6 Å². The van der Waals surface area contributed by atoms with Gasteiger partial charge in [0.05, 0.1) is 23.8 Å². The maximum absolute atomic E-state index is 12.6. The second-order valence-electron chi connectivity index (χ2n) is 6.70. The van der Waals surface area contributed by atoms with Crippen LogP contribution in [0.15, 0.2) is 42.5 Å². The van der Waals surface area contributed by atoms with Crippen LogP contribution in [-0.4, -0.2) is 41.8 Å². The van der Waals surface area contributed by atoms with Crippen molar-refractivity contribution in [2.75, 3.05) is 25.5 Å². The molecule has 2 aromatic carbocycles. The fourth-order valence-corrected chi connectivity index (χ4v) is 3.38. The highest BCUT2D eigenvalue weighted by Crippen LogP contribution is 2.30. The highest BCUT2D eigenvalue weighted by Gasteiger charge is 2.28. The van der Waals surface area contributed by atoms with Gasteiger partial charge in [0.1, 0.15) is 5.75 Å². The summed E-state index contributed by atoms with van der Waals surface area (Å²) in [5.41, 5.74) is 0.824. The summed E-state index contributed by atoms with van der Waals surface area (Å²) in [7, 11) is 1.38. The molecule has 1 heterocycles. The van der Waals surface area contributed by atoms with Gasteiger partial charge in [-0.05, 0) is 43.2 Å². The molecular formula is C20H20ClN3O5. The fraction of sp³-hybridized carbons (Fsp3) is 0.300. The first-order chi connectivity index (χ1) is 13.9. The van der Waals surface area contributed by atoms with Gasteiger partial charge in [0.25, 0.3) is 11.6 Å². The van der Waals surface area contributed by atoms with Crippen LogP contribution in [0.5, 0.6) is 5.75 Å². The Morgan fingerprint density at radius 2 is 1.83 bits per heavy atom. The molecule has 0 aromatic heterocycles. The number of hydrogen-bond donors (Lipinski definition) is 1. The number of ether oxygens (including phenoxy) is 1. The molecule has 8 nitrogen and oxygen atoms in total. The number of piperidine rings is 1. The van der Waals surface area contributed by atoms with Crippen LogP contribution in [0.2, 0.25) is 5.02 Å². The molecule has 1 aliphatic rings. The highest BCUT2D eigenvalue weighted by molar-refractivity contribution is 6.30. The predicted octanol–water partition coefficient (Wildman–Crippen LogP) is 3.75. The molecule has 9 heteroatoms. The van der Waals surface area contributed by atoms with Crippen molar-refractivity contribution in [1.82, 2.24) is 4.90 Å². The number of nitrogens with one attached hydrogen (secondary N) is 1. The topological polar surface area (TPSA) is 102 Å². The molecule has 152 valence electrons. The number of carbonyl (C=O) groups excluding carboxylic acids is 2. The van der Waals surface area contributed by atoms with Crippen molar-refractivity contribution in [3.05, 3.63) is 63.2 Å². The number of hydrogen-bond acceptors (Lipinski definition) is 5. The number of halogens is 1. The second kappa shape index (κ2) is 8.91. The van der Waals surface area contributed by atoms with Crippen molar-refractivity contribution < 1.29 is 19.2 Å². The zero-order chi connectivity index (χ0) is 21.0. The van der Waals surface area contributed by atoms with Gasteiger partial charge in [-0.1, -0.05) is 11.6 Å². The Morgan fingerprint density at radius 3 is 2.41 bits per heavy atom. The third-order valence-corrected chi connectivity index (χ3v) is 5.15. The van der Waals surface area contributed by atoms with Crippen molar-refractivity contribution in [3.63, 3.8) is 0 Å². The first-order valence-corrected chi connectivity index (χ1v) is 9.45. The lowest BCUT2D eigenvalue weighted by Crippen LogP contribution is -2.41. The van der Waals surface area contributed by atoms with Gasteiger partial charge < -0.3 is 15.0 Å². The molecule has 1 aliphatic heterocycles. The third kappa shape index (κ3) is 4.83. The minimum atomic E-state index is -0.526. The summed E-state index contributed by atoms with van der Waals surface area (Å²) in [6.07, 6.45) is 1.06. The van der Waals surface area contributed by atoms with E-state index < -0.39 is 4.92 Å². The molecule has 1 saturated heterocycles. The van der Waals surface area contributed by atoms with Crippen molar-refractivity contribution in [3.8, 4) is 5.75 Å². The zero-order valence-corrected chi connectivity index (χ0v) is 16.5. The number of nitro groups is 1. The summed E-state index contributed by atoms with van der Waals surface area (Å²) < 4.78 is 5.15. The number of methoxy groups -OCH3 is 1. The lowest BCUT2D eigenvalue weighted by atomic mass is 9.95. The van der Waals surface area contributed by atoms with E-state index in [0.717, 1.165) is 0 Å². The van der Waals surface area contributed by atoms with Crippen LogP contribution in [0.1, 0.15) is 23.2 Å². The molecule has 0 radical (unpaired) electrons. The Hall–Kier alpha value is -3.13. The van der Waals surface area contributed by atoms with E-state index in [9.17, 15) is 19.7 Å². The third-order valence-electron chi connectivity index (χ3n) is 4.90. The van der Waals surface area contributed by atoms with Gasteiger partial charge in [-0.25, -0.2) is 0 Å². The Bertz CT molecular complexity index is 924. The standard InChI is InChI=1S/C20H20ClN3O5/c1-29-18-12-16(24(27)28)6-7-17(18)22-19(25)13-8-10-23(11-9-13)20(26)14-2-4-15(21)5-3-14/h2-7,12-13H,8-11H2,1H3,(H,22,25). The van der Waals surface area contributed by atoms with Gasteiger partial charge in [0.15, 0.2) is 0 Å². The smallest absolute Gasteiger partial charge is 0.273 e. The van der Waals surface area contributed by atoms with Crippen molar-refractivity contribution in [2.24, 2.45) is 5.92 Å². The van der Waals surface area contributed by atoms with E-state index in [1.807, 2.05) is 0 Å². The zero-order valence-electron chi connectivity index (χ0n) is 15.8. The molecule has 1 fully saturated rings. The van der Waals surface area contributed by atoms with E-state index in [-0.39, 0.29) is 29.2 Å². The van der Waals surface area contributed by atoms with Gasteiger partial charge in [-0.3, -0.25) is 19.7 Å². The van der Waals surface area contributed by atoms with Gasteiger partial charge >= 0.3 is 0 Å². The Balaban J connectivity index is 1.59. The monoisotopic (exact) mass is 417 g/mol. The van der Waals surface area contributed by atoms with E-state index in [4.69, 9.17) is 16.3 Å². The van der Waals surface area contributed by atoms with E-state index in [1.165, 1.54) is 25.3 Å². The Morgan fingerprint density at radius 1 is 1.17 bits per heavy atom. The van der Waals surface area contributed by atoms with E-state index in [0.29, 0.717) is 42.2 Å². The average Bonchev–Trinajstić information content (AvgIpc) is 2.74. The molecule has 0 atom stereocenters. The summed E-state index contributed by atoms with van der Waals surface area (Å²) in [4.78, 5) is 37.3. The SMILES string of the molecule is COc1cc([N+](=O)[O-])ccc1NC(=O)C1CCN(C(=O)c2ccc(Cl)cc2)CC1. The number of non-ortho nitro benzene ring substituents is 1. The largest absolute Gasteiger partial charge is 0.494 e. The molecule has 0 spiro atoms. The molecular weight excluding hydrogens is 398 g/mol. The van der Waals surface area contributed by atoms with Crippen LogP contribution in [0.4, 0.5) is 11.4 Å². The molecule has 0 aliphatic carbocycles. The number of amides is 2. The number of likely N-dealkylation sites (tertiary alicyclic amines) is 1. The number of rotatable bonds is 5. The molecule has 0 saturated carbocycles. The maximum atomic E-state index is 12.6. The average molecular weight is 418 g/mol. The quantitative estimate of drug-likeness (QED) is 0.589. The molecule has 3 rings (SSSR count). The van der Waals surface area contributed by atoms with Crippen LogP contribution in [0.3, 0.4) is 0 Å². The van der Waals surface area contributed by atoms with Crippen LogP contribution in [-0.2, 0) is 4.79 Å². The number of nitrogens with zero attached hydrogens (tertiary/aromatic N) is 2. The molecule has 2 amide bonds. The first kappa shape index (κ1) is 20.6. The Kier molecular flexibility index (Phi) is 6.33. The number of anilines is 1. The minimum absolute atomic E-state index is 0.0856. The molecule has 0 unspecified atom stereocenters. The van der Waals surface area contributed by atoms with E-state index in [1.54, 1.807) is 29.2 Å². The molecule has 1 N–H and O–H groups in total. The number of benzene rings is 2.